The zero-order valence-electron chi connectivity index (χ0n) is 18.0. The molecule has 0 radical (unpaired) electrons. The molecule has 32 heavy (non-hydrogen) atoms. The number of aliphatic carboxylic acids is 1. The highest BCUT2D eigenvalue weighted by Crippen LogP contribution is 2.74. The minimum Gasteiger partial charge on any atom is -0.481 e. The van der Waals surface area contributed by atoms with E-state index in [2.05, 4.69) is 11.1 Å². The monoisotopic (exact) mass is 424 g/mol. The number of rotatable bonds is 7. The molecule has 4 rings (SSSR count). The Bertz CT molecular complexity index is 1180. The number of ether oxygens (including phenoxy) is 1. The van der Waals surface area contributed by atoms with Crippen molar-refractivity contribution in [2.75, 3.05) is 0 Å². The third-order valence-corrected chi connectivity index (χ3v) is 6.49. The van der Waals surface area contributed by atoms with Crippen LogP contribution in [0.25, 0.3) is 0 Å². The third-order valence-electron chi connectivity index (χ3n) is 6.49. The number of aliphatic imine (C=N–C) groups is 1. The Morgan fingerprint density at radius 1 is 1.03 bits per heavy atom. The number of nitriles is 1. The summed E-state index contributed by atoms with van der Waals surface area (Å²) in [6.07, 6.45) is 1.69. The zero-order chi connectivity index (χ0) is 22.8. The second-order valence-electron chi connectivity index (χ2n) is 8.54. The second kappa shape index (κ2) is 8.32. The van der Waals surface area contributed by atoms with E-state index in [1.165, 1.54) is 0 Å². The van der Waals surface area contributed by atoms with E-state index in [1.807, 2.05) is 74.5 Å². The molecule has 1 fully saturated rings. The van der Waals surface area contributed by atoms with Crippen LogP contribution in [0.15, 0.2) is 89.9 Å². The fourth-order valence-electron chi connectivity index (χ4n) is 4.72. The molecule has 1 saturated carbocycles. The molecule has 5 nitrogen and oxygen atoms in total. The number of hydrogen-bond acceptors (Lipinski definition) is 4. The quantitative estimate of drug-likeness (QED) is 0.457. The van der Waals surface area contributed by atoms with Crippen LogP contribution < -0.4 is 4.74 Å². The zero-order valence-corrected chi connectivity index (χ0v) is 18.0. The normalized spacial score (nSPS) is 22.1. The Morgan fingerprint density at radius 2 is 1.66 bits per heavy atom. The van der Waals surface area contributed by atoms with Crippen molar-refractivity contribution in [1.29, 1.82) is 5.26 Å². The summed E-state index contributed by atoms with van der Waals surface area (Å²) >= 11 is 0. The first-order valence-corrected chi connectivity index (χ1v) is 10.5. The van der Waals surface area contributed by atoms with Gasteiger partial charge in [-0.2, -0.15) is 5.26 Å². The predicted molar refractivity (Wildman–Crippen MR) is 123 cm³/mol. The minimum atomic E-state index is -1.29. The lowest BCUT2D eigenvalue weighted by molar-refractivity contribution is -0.145. The van der Waals surface area contributed by atoms with Gasteiger partial charge in [-0.15, -0.1) is 0 Å². The molecule has 1 aliphatic carbocycles. The first-order chi connectivity index (χ1) is 15.4. The standard InChI is InChI=1S/C27H24N2O3/c1-26(2)24(18-29-20-11-5-3-6-12-20)27(26,25(30)31)23(17-28)19-10-9-15-22(16-19)32-21-13-7-4-8-14-21/h3-16,18,23-24H,1-2H3,(H,30,31)/t23-,24?,27?/m1/s1. The molecule has 3 aromatic carbocycles. The van der Waals surface area contributed by atoms with Crippen molar-refractivity contribution in [2.24, 2.45) is 21.7 Å². The molecular formula is C27H24N2O3. The maximum atomic E-state index is 12.6. The number of nitrogens with zero attached hydrogens (tertiary/aromatic N) is 2. The minimum absolute atomic E-state index is 0.393. The maximum Gasteiger partial charge on any atom is 0.312 e. The van der Waals surface area contributed by atoms with Gasteiger partial charge in [0.15, 0.2) is 0 Å². The molecule has 0 heterocycles. The molecule has 160 valence electrons. The van der Waals surface area contributed by atoms with Crippen LogP contribution in [-0.4, -0.2) is 17.3 Å². The van der Waals surface area contributed by atoms with Crippen molar-refractivity contribution in [1.82, 2.24) is 0 Å². The predicted octanol–water partition coefficient (Wildman–Crippen LogP) is 6.22. The van der Waals surface area contributed by atoms with Gasteiger partial charge in [0.25, 0.3) is 0 Å². The van der Waals surface area contributed by atoms with Crippen LogP contribution in [0.2, 0.25) is 0 Å². The average Bonchev–Trinajstić information content (AvgIpc) is 3.30. The Kier molecular flexibility index (Phi) is 5.54. The summed E-state index contributed by atoms with van der Waals surface area (Å²) < 4.78 is 5.91. The lowest BCUT2D eigenvalue weighted by atomic mass is 9.78. The topological polar surface area (TPSA) is 82.7 Å². The van der Waals surface area contributed by atoms with Crippen molar-refractivity contribution < 1.29 is 14.6 Å². The smallest absolute Gasteiger partial charge is 0.312 e. The van der Waals surface area contributed by atoms with Crippen LogP contribution in [0.4, 0.5) is 5.69 Å². The molecule has 0 bridgehead atoms. The van der Waals surface area contributed by atoms with Gasteiger partial charge in [-0.25, -0.2) is 0 Å². The first kappa shape index (κ1) is 21.3. The Morgan fingerprint density at radius 3 is 2.28 bits per heavy atom. The van der Waals surface area contributed by atoms with Crippen LogP contribution in [0, 0.1) is 28.1 Å². The molecule has 5 heteroatoms. The van der Waals surface area contributed by atoms with Crippen molar-refractivity contribution in [3.63, 3.8) is 0 Å². The highest BCUT2D eigenvalue weighted by molar-refractivity contribution is 5.91. The first-order valence-electron chi connectivity index (χ1n) is 10.5. The van der Waals surface area contributed by atoms with Crippen molar-refractivity contribution in [3.05, 3.63) is 90.5 Å². The maximum absolute atomic E-state index is 12.6. The highest BCUT2D eigenvalue weighted by atomic mass is 16.5. The molecule has 1 aliphatic rings. The molecule has 3 aromatic rings. The number of carboxylic acid groups (broad SMARTS) is 1. The molecule has 2 unspecified atom stereocenters. The summed E-state index contributed by atoms with van der Waals surface area (Å²) in [5, 5.41) is 20.5. The van der Waals surface area contributed by atoms with Gasteiger partial charge < -0.3 is 9.84 Å². The average molecular weight is 425 g/mol. The number of carboxylic acids is 1. The fraction of sp³-hybridized carbons (Fsp3) is 0.222. The summed E-state index contributed by atoms with van der Waals surface area (Å²) in [6, 6.07) is 28.1. The second-order valence-corrected chi connectivity index (χ2v) is 8.54. The summed E-state index contributed by atoms with van der Waals surface area (Å²) in [5.41, 5.74) is -0.563. The number of carbonyl (C=O) groups is 1. The van der Waals surface area contributed by atoms with E-state index in [0.717, 1.165) is 5.69 Å². The SMILES string of the molecule is CC1(C)C(C=Nc2ccccc2)C1(C(=O)O)[C@H](C#N)c1cccc(Oc2ccccc2)c1. The van der Waals surface area contributed by atoms with E-state index < -0.39 is 28.6 Å². The highest BCUT2D eigenvalue weighted by Gasteiger charge is 2.79. The van der Waals surface area contributed by atoms with E-state index in [1.54, 1.807) is 30.5 Å². The molecule has 1 N–H and O–H groups in total. The Hall–Kier alpha value is -3.91. The molecule has 0 amide bonds. The summed E-state index contributed by atoms with van der Waals surface area (Å²) in [7, 11) is 0. The van der Waals surface area contributed by atoms with Gasteiger partial charge in [0.1, 0.15) is 16.9 Å². The molecule has 0 spiro atoms. The fourth-order valence-corrected chi connectivity index (χ4v) is 4.72. The van der Waals surface area contributed by atoms with Gasteiger partial charge >= 0.3 is 5.97 Å². The van der Waals surface area contributed by atoms with Crippen LogP contribution in [-0.2, 0) is 4.79 Å². The van der Waals surface area contributed by atoms with Crippen molar-refractivity contribution in [2.45, 2.75) is 19.8 Å². The van der Waals surface area contributed by atoms with E-state index in [-0.39, 0.29) is 0 Å². The third kappa shape index (κ3) is 3.54. The van der Waals surface area contributed by atoms with Gasteiger partial charge in [-0.05, 0) is 47.4 Å². The van der Waals surface area contributed by atoms with E-state index >= 15 is 0 Å². The van der Waals surface area contributed by atoms with E-state index in [0.29, 0.717) is 17.1 Å². The Balaban J connectivity index is 1.68. The number of para-hydroxylation sites is 2. The van der Waals surface area contributed by atoms with Gasteiger partial charge in [0.05, 0.1) is 17.7 Å². The summed E-state index contributed by atoms with van der Waals surface area (Å²) in [6.45, 7) is 3.77. The van der Waals surface area contributed by atoms with Crippen LogP contribution in [0.5, 0.6) is 11.5 Å². The van der Waals surface area contributed by atoms with Gasteiger partial charge in [-0.1, -0.05) is 62.4 Å². The summed E-state index contributed by atoms with van der Waals surface area (Å²) in [5.74, 6) is -1.02. The summed E-state index contributed by atoms with van der Waals surface area (Å²) in [4.78, 5) is 17.1. The van der Waals surface area contributed by atoms with Crippen molar-refractivity contribution >= 4 is 17.9 Å². The number of hydrogen-bond donors (Lipinski definition) is 1. The Labute approximate surface area is 187 Å². The van der Waals surface area contributed by atoms with Crippen LogP contribution in [0.1, 0.15) is 25.3 Å². The number of benzene rings is 3. The van der Waals surface area contributed by atoms with Gasteiger partial charge in [-0.3, -0.25) is 9.79 Å². The molecule has 0 aliphatic heterocycles. The van der Waals surface area contributed by atoms with Crippen LogP contribution in [0.3, 0.4) is 0 Å². The van der Waals surface area contributed by atoms with Crippen LogP contribution >= 0.6 is 0 Å². The molecule has 3 atom stereocenters. The van der Waals surface area contributed by atoms with Gasteiger partial charge in [0.2, 0.25) is 0 Å². The molecule has 0 saturated heterocycles. The van der Waals surface area contributed by atoms with Crippen molar-refractivity contribution in [3.8, 4) is 17.6 Å². The van der Waals surface area contributed by atoms with E-state index in [4.69, 9.17) is 4.74 Å². The van der Waals surface area contributed by atoms with Gasteiger partial charge in [0, 0.05) is 12.1 Å². The molecule has 0 aromatic heterocycles. The van der Waals surface area contributed by atoms with E-state index in [9.17, 15) is 15.2 Å². The largest absolute Gasteiger partial charge is 0.481 e. The lowest BCUT2D eigenvalue weighted by Gasteiger charge is -2.22. The lowest BCUT2D eigenvalue weighted by Crippen LogP contribution is -2.29. The molecular weight excluding hydrogens is 400 g/mol.